The van der Waals surface area contributed by atoms with Crippen LogP contribution >= 0.6 is 11.6 Å². The molecule has 2 aromatic rings. The normalized spacial score (nSPS) is 12.7. The largest absolute Gasteiger partial charge is 0.496 e. The number of nitro groups is 1. The summed E-state index contributed by atoms with van der Waals surface area (Å²) in [5.41, 5.74) is -1.44. The molecule has 14 heteroatoms. The van der Waals surface area contributed by atoms with Gasteiger partial charge in [0.2, 0.25) is 5.91 Å². The second-order valence-corrected chi connectivity index (χ2v) is 12.6. The number of nitrogens with zero attached hydrogens (tertiary/aromatic N) is 1. The number of hydrogen-bond acceptors (Lipinski definition) is 9. The van der Waals surface area contributed by atoms with E-state index in [2.05, 4.69) is 16.0 Å². The molecule has 0 heterocycles. The molecule has 0 saturated carbocycles. The third-order valence-corrected chi connectivity index (χ3v) is 6.40. The number of esters is 1. The summed E-state index contributed by atoms with van der Waals surface area (Å²) in [5.74, 6) is -2.06. The molecule has 2 atom stereocenters. The lowest BCUT2D eigenvalue weighted by Crippen LogP contribution is -2.47. The monoisotopic (exact) mass is 648 g/mol. The van der Waals surface area contributed by atoms with Gasteiger partial charge < -0.3 is 24.8 Å². The molecular formula is C31H41ClN4O9. The Hall–Kier alpha value is -4.39. The third kappa shape index (κ3) is 11.9. The predicted molar refractivity (Wildman–Crippen MR) is 167 cm³/mol. The van der Waals surface area contributed by atoms with Crippen LogP contribution in [0.1, 0.15) is 82.4 Å². The Bertz CT molecular complexity index is 1420. The minimum atomic E-state index is -0.954. The molecule has 0 unspecified atom stereocenters. The molecule has 13 nitrogen and oxygen atoms in total. The summed E-state index contributed by atoms with van der Waals surface area (Å²) in [7, 11) is 1.46. The molecule has 0 saturated heterocycles. The Morgan fingerprint density at radius 2 is 1.62 bits per heavy atom. The first-order chi connectivity index (χ1) is 20.8. The van der Waals surface area contributed by atoms with Crippen LogP contribution in [0.3, 0.4) is 0 Å². The van der Waals surface area contributed by atoms with E-state index in [4.69, 9.17) is 25.8 Å². The zero-order valence-electron chi connectivity index (χ0n) is 26.7. The Morgan fingerprint density at radius 3 is 2.18 bits per heavy atom. The Labute approximate surface area is 267 Å². The van der Waals surface area contributed by atoms with E-state index in [0.29, 0.717) is 28.3 Å². The first kappa shape index (κ1) is 36.8. The highest BCUT2D eigenvalue weighted by atomic mass is 35.5. The molecule has 4 amide bonds. The van der Waals surface area contributed by atoms with E-state index in [0.717, 1.165) is 0 Å². The highest BCUT2D eigenvalue weighted by Gasteiger charge is 2.29. The SMILES string of the molecule is CC[C@@H](NC(=O)NC(=O)[C@H](CNC(=O)OC(C)(C)C)Cc1cc(Cl)ccc1OC)c1ccc(C(=O)OC(C)(C)C)c([N+](=O)[O-])c1. The second kappa shape index (κ2) is 15.6. The van der Waals surface area contributed by atoms with Crippen LogP contribution in [0.4, 0.5) is 15.3 Å². The number of amides is 4. The number of methoxy groups -OCH3 is 1. The molecule has 0 aliphatic heterocycles. The number of alkyl carbamates (subject to hydrolysis) is 1. The van der Waals surface area contributed by atoms with Crippen LogP contribution < -0.4 is 20.7 Å². The van der Waals surface area contributed by atoms with Crippen molar-refractivity contribution < 1.29 is 38.3 Å². The van der Waals surface area contributed by atoms with E-state index in [1.54, 1.807) is 66.7 Å². The average molecular weight is 649 g/mol. The molecule has 0 aromatic heterocycles. The number of carbonyl (C=O) groups excluding carboxylic acids is 4. The zero-order valence-corrected chi connectivity index (χ0v) is 27.5. The number of halogens is 1. The van der Waals surface area contributed by atoms with Gasteiger partial charge in [-0.2, -0.15) is 0 Å². The van der Waals surface area contributed by atoms with Crippen molar-refractivity contribution in [2.24, 2.45) is 5.92 Å². The van der Waals surface area contributed by atoms with Crippen molar-refractivity contribution >= 4 is 41.3 Å². The van der Waals surface area contributed by atoms with Crippen molar-refractivity contribution in [2.45, 2.75) is 78.6 Å². The number of nitrogens with one attached hydrogen (secondary N) is 3. The summed E-state index contributed by atoms with van der Waals surface area (Å²) >= 11 is 6.16. The lowest BCUT2D eigenvalue weighted by atomic mass is 9.97. The molecule has 3 N–H and O–H groups in total. The summed E-state index contributed by atoms with van der Waals surface area (Å²) in [6.45, 7) is 11.6. The maximum absolute atomic E-state index is 13.3. The smallest absolute Gasteiger partial charge is 0.407 e. The van der Waals surface area contributed by atoms with Gasteiger partial charge in [-0.05, 0) is 89.8 Å². The van der Waals surface area contributed by atoms with Crippen LogP contribution in [0.15, 0.2) is 36.4 Å². The number of benzene rings is 2. The quantitative estimate of drug-likeness (QED) is 0.153. The van der Waals surface area contributed by atoms with Crippen LogP contribution in [-0.2, 0) is 20.7 Å². The summed E-state index contributed by atoms with van der Waals surface area (Å²) in [6.07, 6.45) is -0.396. The van der Waals surface area contributed by atoms with Crippen LogP contribution in [0.25, 0.3) is 0 Å². The average Bonchev–Trinajstić information content (AvgIpc) is 2.91. The van der Waals surface area contributed by atoms with Crippen LogP contribution in [-0.4, -0.2) is 53.8 Å². The molecule has 0 aliphatic rings. The molecule has 0 spiro atoms. The molecule has 2 aromatic carbocycles. The van der Waals surface area contributed by atoms with Gasteiger partial charge in [-0.25, -0.2) is 14.4 Å². The number of nitro benzene ring substituents is 1. The van der Waals surface area contributed by atoms with Crippen LogP contribution in [0.2, 0.25) is 5.02 Å². The van der Waals surface area contributed by atoms with Gasteiger partial charge in [0.15, 0.2) is 0 Å². The van der Waals surface area contributed by atoms with Crippen molar-refractivity contribution in [3.63, 3.8) is 0 Å². The lowest BCUT2D eigenvalue weighted by Gasteiger charge is -2.23. The Morgan fingerprint density at radius 1 is 0.978 bits per heavy atom. The standard InChI is InChI=1S/C31H41ClN4O9/c1-9-23(18-10-12-22(24(16-18)36(41)42)27(38)44-30(2,3)4)34-28(39)35-26(37)20(17-33-29(40)45-31(5,6)7)14-19-15-21(32)11-13-25(19)43-8/h10-13,15-16,20,23H,9,14,17H2,1-8H3,(H,33,40)(H2,34,35,37,39)/t20-,23+/m0/s1. The van der Waals surface area contributed by atoms with E-state index in [9.17, 15) is 29.3 Å². The summed E-state index contributed by atoms with van der Waals surface area (Å²) < 4.78 is 15.9. The van der Waals surface area contributed by atoms with E-state index in [1.807, 2.05) is 0 Å². The fraction of sp³-hybridized carbons (Fsp3) is 0.484. The second-order valence-electron chi connectivity index (χ2n) is 12.2. The van der Waals surface area contributed by atoms with Crippen molar-refractivity contribution in [2.75, 3.05) is 13.7 Å². The number of ether oxygens (including phenoxy) is 3. The van der Waals surface area contributed by atoms with Gasteiger partial charge in [0, 0.05) is 17.6 Å². The predicted octanol–water partition coefficient (Wildman–Crippen LogP) is 5.87. The molecule has 45 heavy (non-hydrogen) atoms. The number of hydrogen-bond donors (Lipinski definition) is 3. The first-order valence-electron chi connectivity index (χ1n) is 14.3. The van der Waals surface area contributed by atoms with E-state index < -0.39 is 57.8 Å². The summed E-state index contributed by atoms with van der Waals surface area (Å²) in [4.78, 5) is 62.3. The molecule has 0 aliphatic carbocycles. The number of imide groups is 1. The van der Waals surface area contributed by atoms with Crippen molar-refractivity contribution in [1.29, 1.82) is 0 Å². The van der Waals surface area contributed by atoms with E-state index in [-0.39, 0.29) is 18.5 Å². The van der Waals surface area contributed by atoms with Gasteiger partial charge in [0.25, 0.3) is 5.69 Å². The molecule has 2 rings (SSSR count). The highest BCUT2D eigenvalue weighted by Crippen LogP contribution is 2.28. The summed E-state index contributed by atoms with van der Waals surface area (Å²) in [6, 6.07) is 7.19. The highest BCUT2D eigenvalue weighted by molar-refractivity contribution is 6.30. The Kier molecular flexibility index (Phi) is 12.7. The maximum atomic E-state index is 13.3. The maximum Gasteiger partial charge on any atom is 0.407 e. The number of urea groups is 1. The molecule has 246 valence electrons. The van der Waals surface area contributed by atoms with Gasteiger partial charge >= 0.3 is 18.1 Å². The lowest BCUT2D eigenvalue weighted by molar-refractivity contribution is -0.385. The number of carbonyl (C=O) groups is 4. The first-order valence-corrected chi connectivity index (χ1v) is 14.6. The van der Waals surface area contributed by atoms with Gasteiger partial charge in [0.1, 0.15) is 22.5 Å². The topological polar surface area (TPSA) is 175 Å². The van der Waals surface area contributed by atoms with Crippen molar-refractivity contribution in [1.82, 2.24) is 16.0 Å². The molecule has 0 radical (unpaired) electrons. The van der Waals surface area contributed by atoms with Gasteiger partial charge in [-0.15, -0.1) is 0 Å². The summed E-state index contributed by atoms with van der Waals surface area (Å²) in [5, 5.41) is 19.7. The van der Waals surface area contributed by atoms with Crippen molar-refractivity contribution in [3.8, 4) is 5.75 Å². The third-order valence-electron chi connectivity index (χ3n) is 6.16. The fourth-order valence-electron chi connectivity index (χ4n) is 4.20. The molecule has 0 bridgehead atoms. The fourth-order valence-corrected chi connectivity index (χ4v) is 4.40. The Balaban J connectivity index is 2.26. The minimum Gasteiger partial charge on any atom is -0.496 e. The zero-order chi connectivity index (χ0) is 34.1. The van der Waals surface area contributed by atoms with Gasteiger partial charge in [-0.3, -0.25) is 20.2 Å². The molecule has 0 fully saturated rings. The van der Waals surface area contributed by atoms with Gasteiger partial charge in [0.05, 0.1) is 24.0 Å². The molecular weight excluding hydrogens is 608 g/mol. The van der Waals surface area contributed by atoms with Crippen LogP contribution in [0, 0.1) is 16.0 Å². The number of rotatable bonds is 11. The van der Waals surface area contributed by atoms with E-state index >= 15 is 0 Å². The van der Waals surface area contributed by atoms with E-state index in [1.165, 1.54) is 25.3 Å². The van der Waals surface area contributed by atoms with Crippen LogP contribution in [0.5, 0.6) is 5.75 Å². The minimum absolute atomic E-state index is 0.0498. The van der Waals surface area contributed by atoms with Crippen molar-refractivity contribution in [3.05, 3.63) is 68.2 Å². The van der Waals surface area contributed by atoms with Gasteiger partial charge in [-0.1, -0.05) is 24.6 Å².